The number of rotatable bonds is 10. The first-order chi connectivity index (χ1) is 19.0. The molecule has 0 unspecified atom stereocenters. The number of hydrogen-bond donors (Lipinski definition) is 1. The molecule has 11 heteroatoms. The summed E-state index contributed by atoms with van der Waals surface area (Å²) in [5.41, 5.74) is 3.52. The molecule has 1 fully saturated rings. The number of amides is 1. The fourth-order valence-corrected chi connectivity index (χ4v) is 6.03. The number of nitrogens with zero attached hydrogens (tertiary/aromatic N) is 7. The number of nitriles is 1. The molecule has 0 atom stereocenters. The van der Waals surface area contributed by atoms with E-state index in [1.54, 1.807) is 12.1 Å². The Hall–Kier alpha value is -3.49. The zero-order valence-corrected chi connectivity index (χ0v) is 24.7. The summed E-state index contributed by atoms with van der Waals surface area (Å²) in [4.78, 5) is 31.5. The van der Waals surface area contributed by atoms with Crippen molar-refractivity contribution >= 4 is 51.0 Å². The maximum atomic E-state index is 13.0. The van der Waals surface area contributed by atoms with Gasteiger partial charge in [-0.1, -0.05) is 12.1 Å². The highest BCUT2D eigenvalue weighted by Crippen LogP contribution is 2.32. The first-order valence-corrected chi connectivity index (χ1v) is 15.1. The average molecular weight is 565 g/mol. The van der Waals surface area contributed by atoms with E-state index in [9.17, 15) is 4.79 Å². The third-order valence-electron chi connectivity index (χ3n) is 6.91. The van der Waals surface area contributed by atoms with Gasteiger partial charge in [0.1, 0.15) is 5.82 Å². The first-order valence-electron chi connectivity index (χ1n) is 13.4. The van der Waals surface area contributed by atoms with Crippen LogP contribution in [0, 0.1) is 11.3 Å². The van der Waals surface area contributed by atoms with Gasteiger partial charge in [0, 0.05) is 75.2 Å². The van der Waals surface area contributed by atoms with Crippen molar-refractivity contribution in [2.75, 3.05) is 71.8 Å². The number of aromatic nitrogens is 2. The van der Waals surface area contributed by atoms with Crippen molar-refractivity contribution in [1.82, 2.24) is 14.9 Å². The van der Waals surface area contributed by atoms with E-state index in [4.69, 9.17) is 10.2 Å². The maximum Gasteiger partial charge on any atom is 0.302 e. The maximum absolute atomic E-state index is 13.0. The molecule has 1 aromatic carbocycles. The molecule has 2 aromatic heterocycles. The quantitative estimate of drug-likeness (QED) is 0.308. The Morgan fingerprint density at radius 3 is 2.26 bits per heavy atom. The van der Waals surface area contributed by atoms with Crippen LogP contribution in [0.2, 0.25) is 0 Å². The number of thiazole rings is 1. The van der Waals surface area contributed by atoms with Crippen LogP contribution < -0.4 is 19.4 Å². The number of carbonyl (C=O) groups excluding carboxylic acids is 1. The number of nitrogens with one attached hydrogen (secondary N) is 1. The van der Waals surface area contributed by atoms with E-state index in [2.05, 4.69) is 70.3 Å². The van der Waals surface area contributed by atoms with E-state index in [1.807, 2.05) is 22.4 Å². The average Bonchev–Trinajstić information content (AvgIpc) is 3.47. The van der Waals surface area contributed by atoms with E-state index in [0.29, 0.717) is 23.8 Å². The minimum atomic E-state index is -0.0152. The molecule has 1 amide bonds. The molecule has 1 saturated heterocycles. The van der Waals surface area contributed by atoms with Gasteiger partial charge < -0.3 is 19.6 Å². The highest BCUT2D eigenvalue weighted by atomic mass is 32.2. The number of piperazine rings is 1. The van der Waals surface area contributed by atoms with E-state index in [0.717, 1.165) is 79.8 Å². The van der Waals surface area contributed by atoms with Gasteiger partial charge in [-0.2, -0.15) is 5.26 Å². The van der Waals surface area contributed by atoms with Gasteiger partial charge in [-0.3, -0.25) is 9.52 Å². The molecule has 1 N–H and O–H groups in total. The number of anilines is 4. The minimum Gasteiger partial charge on any atom is -0.369 e. The molecule has 3 aromatic rings. The van der Waals surface area contributed by atoms with Crippen molar-refractivity contribution in [2.45, 2.75) is 27.7 Å². The standard InChI is InChI=1S/C28H36N8OS2/c1-5-33(6-2)24-13-14-25(34(7-3)8-4)31-26(24)35-15-17-36(18-16-35)28(37)39-32-27-30-23(20-38-27)22-11-9-21(19-29)10-12-22/h9-14,20H,5-8,15-18H2,1-4H3,(H,30,32). The van der Waals surface area contributed by atoms with E-state index < -0.39 is 0 Å². The Morgan fingerprint density at radius 2 is 1.64 bits per heavy atom. The summed E-state index contributed by atoms with van der Waals surface area (Å²) in [6.45, 7) is 15.0. The van der Waals surface area contributed by atoms with E-state index in [-0.39, 0.29) is 5.24 Å². The third kappa shape index (κ3) is 6.75. The molecule has 39 heavy (non-hydrogen) atoms. The molecule has 206 valence electrons. The summed E-state index contributed by atoms with van der Waals surface area (Å²) < 4.78 is 3.11. The lowest BCUT2D eigenvalue weighted by atomic mass is 10.1. The molecular weight excluding hydrogens is 528 g/mol. The van der Waals surface area contributed by atoms with Crippen molar-refractivity contribution < 1.29 is 4.79 Å². The van der Waals surface area contributed by atoms with Crippen LogP contribution in [0.5, 0.6) is 0 Å². The topological polar surface area (TPSA) is 91.6 Å². The van der Waals surface area contributed by atoms with Crippen molar-refractivity contribution in [1.29, 1.82) is 5.26 Å². The van der Waals surface area contributed by atoms with Crippen molar-refractivity contribution in [3.63, 3.8) is 0 Å². The van der Waals surface area contributed by atoms with Gasteiger partial charge in [0.2, 0.25) is 0 Å². The smallest absolute Gasteiger partial charge is 0.302 e. The van der Waals surface area contributed by atoms with Crippen molar-refractivity contribution in [3.05, 3.63) is 47.3 Å². The van der Waals surface area contributed by atoms with Crippen molar-refractivity contribution in [2.24, 2.45) is 0 Å². The predicted molar refractivity (Wildman–Crippen MR) is 164 cm³/mol. The van der Waals surface area contributed by atoms with Gasteiger partial charge in [-0.25, -0.2) is 9.97 Å². The lowest BCUT2D eigenvalue weighted by Crippen LogP contribution is -2.48. The summed E-state index contributed by atoms with van der Waals surface area (Å²) in [5, 5.41) is 11.6. The van der Waals surface area contributed by atoms with Crippen LogP contribution in [0.15, 0.2) is 41.8 Å². The zero-order valence-electron chi connectivity index (χ0n) is 23.1. The summed E-state index contributed by atoms with van der Waals surface area (Å²) >= 11 is 2.52. The SMILES string of the molecule is CCN(CC)c1ccc(N(CC)CC)c(N2CCN(C(=O)SNc3nc(-c4ccc(C#N)cc4)cs3)CC2)n1. The van der Waals surface area contributed by atoms with Gasteiger partial charge in [0.25, 0.3) is 0 Å². The van der Waals surface area contributed by atoms with Crippen LogP contribution in [0.4, 0.5) is 27.2 Å². The molecule has 0 radical (unpaired) electrons. The first kappa shape index (κ1) is 28.5. The van der Waals surface area contributed by atoms with Gasteiger partial charge >= 0.3 is 5.24 Å². The summed E-state index contributed by atoms with van der Waals surface area (Å²) in [5.74, 6) is 1.99. The predicted octanol–water partition coefficient (Wildman–Crippen LogP) is 5.77. The highest BCUT2D eigenvalue weighted by Gasteiger charge is 2.26. The molecular formula is C28H36N8OS2. The monoisotopic (exact) mass is 564 g/mol. The van der Waals surface area contributed by atoms with E-state index >= 15 is 0 Å². The van der Waals surface area contributed by atoms with Crippen LogP contribution in [-0.2, 0) is 0 Å². The van der Waals surface area contributed by atoms with E-state index in [1.165, 1.54) is 11.3 Å². The number of carbonyl (C=O) groups is 1. The van der Waals surface area contributed by atoms with Crippen LogP contribution in [-0.4, -0.2) is 72.5 Å². The Balaban J connectivity index is 1.37. The Labute approximate surface area is 239 Å². The molecule has 3 heterocycles. The summed E-state index contributed by atoms with van der Waals surface area (Å²) in [7, 11) is 0. The zero-order chi connectivity index (χ0) is 27.8. The second-order valence-corrected chi connectivity index (χ2v) is 10.6. The molecule has 4 rings (SSSR count). The number of hydrogen-bond acceptors (Lipinski definition) is 10. The normalized spacial score (nSPS) is 13.2. The number of pyridine rings is 1. The molecule has 0 aliphatic carbocycles. The van der Waals surface area contributed by atoms with Gasteiger partial charge in [-0.15, -0.1) is 11.3 Å². The molecule has 1 aliphatic rings. The van der Waals surface area contributed by atoms with Crippen LogP contribution in [0.25, 0.3) is 11.3 Å². The largest absolute Gasteiger partial charge is 0.369 e. The summed E-state index contributed by atoms with van der Waals surface area (Å²) in [6, 6.07) is 13.8. The molecule has 0 saturated carbocycles. The van der Waals surface area contributed by atoms with Crippen LogP contribution in [0.3, 0.4) is 0 Å². The molecule has 0 spiro atoms. The number of benzene rings is 1. The molecule has 0 bridgehead atoms. The highest BCUT2D eigenvalue weighted by molar-refractivity contribution is 8.14. The lowest BCUT2D eigenvalue weighted by Gasteiger charge is -2.37. The second kappa shape index (κ2) is 13.5. The van der Waals surface area contributed by atoms with Crippen molar-refractivity contribution in [3.8, 4) is 17.3 Å². The Morgan fingerprint density at radius 1 is 0.974 bits per heavy atom. The minimum absolute atomic E-state index is 0.0152. The van der Waals surface area contributed by atoms with Gasteiger partial charge in [0.05, 0.1) is 23.0 Å². The van der Waals surface area contributed by atoms with Gasteiger partial charge in [-0.05, 0) is 52.0 Å². The fourth-order valence-electron chi connectivity index (χ4n) is 4.62. The van der Waals surface area contributed by atoms with Crippen LogP contribution in [0.1, 0.15) is 33.3 Å². The Kier molecular flexibility index (Phi) is 9.90. The molecule has 9 nitrogen and oxygen atoms in total. The van der Waals surface area contributed by atoms with Gasteiger partial charge in [0.15, 0.2) is 10.9 Å². The Bertz CT molecular complexity index is 1270. The lowest BCUT2D eigenvalue weighted by molar-refractivity contribution is 0.219. The second-order valence-electron chi connectivity index (χ2n) is 9.03. The third-order valence-corrected chi connectivity index (χ3v) is 8.52. The van der Waals surface area contributed by atoms with Crippen LogP contribution >= 0.6 is 23.3 Å². The molecule has 1 aliphatic heterocycles. The summed E-state index contributed by atoms with van der Waals surface area (Å²) in [6.07, 6.45) is 0. The fraction of sp³-hybridized carbons (Fsp3) is 0.429.